The summed E-state index contributed by atoms with van der Waals surface area (Å²) in [5.41, 5.74) is 1.15. The van der Waals surface area contributed by atoms with Crippen LogP contribution in [0, 0.1) is 0 Å². The predicted molar refractivity (Wildman–Crippen MR) is 88.8 cm³/mol. The number of aliphatic hydroxyl groups excluding tert-OH is 1. The van der Waals surface area contributed by atoms with Crippen LogP contribution in [0.2, 0.25) is 5.02 Å². The zero-order chi connectivity index (χ0) is 15.8. The maximum atomic E-state index is 11.9. The zero-order valence-corrected chi connectivity index (χ0v) is 13.6. The molecule has 1 aromatic rings. The van der Waals surface area contributed by atoms with Crippen LogP contribution in [-0.4, -0.2) is 29.7 Å². The van der Waals surface area contributed by atoms with Gasteiger partial charge in [0.15, 0.2) is 0 Å². The molecule has 1 aliphatic rings. The molecule has 0 aliphatic heterocycles. The van der Waals surface area contributed by atoms with E-state index in [9.17, 15) is 9.90 Å². The Morgan fingerprint density at radius 3 is 2.77 bits per heavy atom. The van der Waals surface area contributed by atoms with Gasteiger partial charge in [-0.05, 0) is 56.3 Å². The fraction of sp³-hybridized carbons (Fsp3) is 0.588. The molecule has 5 heteroatoms. The van der Waals surface area contributed by atoms with E-state index in [0.717, 1.165) is 55.8 Å². The van der Waals surface area contributed by atoms with Crippen molar-refractivity contribution in [3.8, 4) is 0 Å². The van der Waals surface area contributed by atoms with Crippen LogP contribution in [0.15, 0.2) is 24.3 Å². The van der Waals surface area contributed by atoms with Gasteiger partial charge < -0.3 is 15.7 Å². The highest BCUT2D eigenvalue weighted by molar-refractivity contribution is 6.30. The first-order valence-corrected chi connectivity index (χ1v) is 8.44. The number of amides is 1. The minimum atomic E-state index is -0.177. The molecule has 122 valence electrons. The molecular weight excluding hydrogens is 300 g/mol. The average Bonchev–Trinajstić information content (AvgIpc) is 2.49. The van der Waals surface area contributed by atoms with Crippen LogP contribution < -0.4 is 10.6 Å². The molecular formula is C17H25ClN2O2. The van der Waals surface area contributed by atoms with Gasteiger partial charge >= 0.3 is 0 Å². The quantitative estimate of drug-likeness (QED) is 0.676. The van der Waals surface area contributed by atoms with Crippen LogP contribution in [0.4, 0.5) is 0 Å². The Balaban J connectivity index is 1.54. The number of rotatable bonds is 7. The van der Waals surface area contributed by atoms with E-state index in [0.29, 0.717) is 6.42 Å². The largest absolute Gasteiger partial charge is 0.393 e. The van der Waals surface area contributed by atoms with Crippen LogP contribution >= 0.6 is 11.6 Å². The maximum absolute atomic E-state index is 11.9. The molecule has 1 saturated carbocycles. The third-order valence-corrected chi connectivity index (χ3v) is 4.27. The van der Waals surface area contributed by atoms with E-state index in [1.165, 1.54) is 0 Å². The van der Waals surface area contributed by atoms with Crippen molar-refractivity contribution in [2.75, 3.05) is 6.54 Å². The Hall–Kier alpha value is -1.10. The molecule has 1 amide bonds. The van der Waals surface area contributed by atoms with Crippen molar-refractivity contribution in [1.29, 1.82) is 0 Å². The lowest BCUT2D eigenvalue weighted by Crippen LogP contribution is -2.38. The Morgan fingerprint density at radius 2 is 2.05 bits per heavy atom. The third-order valence-electron chi connectivity index (χ3n) is 4.04. The molecule has 0 unspecified atom stereocenters. The summed E-state index contributed by atoms with van der Waals surface area (Å²) in [6, 6.07) is 8.02. The number of hydrogen-bond acceptors (Lipinski definition) is 3. The van der Waals surface area contributed by atoms with Crippen LogP contribution in [-0.2, 0) is 11.3 Å². The number of hydrogen-bond donors (Lipinski definition) is 3. The lowest BCUT2D eigenvalue weighted by atomic mass is 9.93. The molecule has 22 heavy (non-hydrogen) atoms. The van der Waals surface area contributed by atoms with Gasteiger partial charge in [0, 0.05) is 24.0 Å². The van der Waals surface area contributed by atoms with Gasteiger partial charge in [-0.1, -0.05) is 23.7 Å². The minimum absolute atomic E-state index is 0.117. The summed E-state index contributed by atoms with van der Waals surface area (Å²) in [6.07, 6.45) is 4.56. The number of benzene rings is 1. The average molecular weight is 325 g/mol. The van der Waals surface area contributed by atoms with E-state index >= 15 is 0 Å². The first-order valence-electron chi connectivity index (χ1n) is 8.06. The van der Waals surface area contributed by atoms with Crippen LogP contribution in [0.3, 0.4) is 0 Å². The van der Waals surface area contributed by atoms with Crippen LogP contribution in [0.25, 0.3) is 0 Å². The number of carbonyl (C=O) groups is 1. The second kappa shape index (κ2) is 9.13. The molecule has 0 heterocycles. The summed E-state index contributed by atoms with van der Waals surface area (Å²) >= 11 is 5.93. The summed E-state index contributed by atoms with van der Waals surface area (Å²) in [6.45, 7) is 1.58. The highest BCUT2D eigenvalue weighted by Gasteiger charge is 2.20. The Kier molecular flexibility index (Phi) is 7.16. The molecule has 1 fully saturated rings. The van der Waals surface area contributed by atoms with Crippen molar-refractivity contribution in [2.24, 2.45) is 0 Å². The molecule has 0 atom stereocenters. The van der Waals surface area contributed by atoms with Gasteiger partial charge in [0.25, 0.3) is 0 Å². The van der Waals surface area contributed by atoms with Crippen molar-refractivity contribution in [2.45, 2.75) is 57.2 Å². The molecule has 3 N–H and O–H groups in total. The van der Waals surface area contributed by atoms with E-state index in [1.54, 1.807) is 0 Å². The molecule has 0 radical (unpaired) electrons. The Bertz CT molecular complexity index is 473. The van der Waals surface area contributed by atoms with Crippen molar-refractivity contribution in [1.82, 2.24) is 10.6 Å². The summed E-state index contributed by atoms with van der Waals surface area (Å²) in [4.78, 5) is 11.9. The molecule has 1 aliphatic carbocycles. The molecule has 2 rings (SSSR count). The lowest BCUT2D eigenvalue weighted by Gasteiger charge is -2.26. The van der Waals surface area contributed by atoms with Crippen LogP contribution in [0.1, 0.15) is 44.1 Å². The second-order valence-corrected chi connectivity index (χ2v) is 6.42. The molecule has 4 nitrogen and oxygen atoms in total. The molecule has 0 bridgehead atoms. The first-order chi connectivity index (χ1) is 10.6. The third kappa shape index (κ3) is 6.34. The fourth-order valence-electron chi connectivity index (χ4n) is 2.77. The van der Waals surface area contributed by atoms with Crippen molar-refractivity contribution in [3.63, 3.8) is 0 Å². The number of nitrogens with one attached hydrogen (secondary N) is 2. The first kappa shape index (κ1) is 17.3. The fourth-order valence-corrected chi connectivity index (χ4v) is 2.99. The molecule has 0 aromatic heterocycles. The second-order valence-electron chi connectivity index (χ2n) is 5.98. The van der Waals surface area contributed by atoms with Crippen molar-refractivity contribution in [3.05, 3.63) is 34.9 Å². The van der Waals surface area contributed by atoms with Gasteiger partial charge in [-0.15, -0.1) is 0 Å². The van der Waals surface area contributed by atoms with Crippen LogP contribution in [0.5, 0.6) is 0 Å². The monoisotopic (exact) mass is 324 g/mol. The number of halogens is 1. The van der Waals surface area contributed by atoms with E-state index in [1.807, 2.05) is 24.3 Å². The van der Waals surface area contributed by atoms with Crippen molar-refractivity contribution < 1.29 is 9.90 Å². The normalized spacial score (nSPS) is 21.5. The van der Waals surface area contributed by atoms with E-state index < -0.39 is 0 Å². The Labute approximate surface area is 137 Å². The van der Waals surface area contributed by atoms with Crippen molar-refractivity contribution >= 4 is 17.5 Å². The molecule has 1 aromatic carbocycles. The lowest BCUT2D eigenvalue weighted by molar-refractivity contribution is -0.122. The molecule has 0 spiro atoms. The van der Waals surface area contributed by atoms with Gasteiger partial charge in [-0.3, -0.25) is 4.79 Å². The summed E-state index contributed by atoms with van der Waals surface area (Å²) < 4.78 is 0. The highest BCUT2D eigenvalue weighted by Crippen LogP contribution is 2.18. The van der Waals surface area contributed by atoms with Gasteiger partial charge in [-0.2, -0.15) is 0 Å². The standard InChI is InChI=1S/C17H25ClN2O2/c18-14-4-1-3-13(11-14)12-19-10-2-5-17(22)20-15-6-8-16(21)9-7-15/h1,3-4,11,15-16,19,21H,2,5-10,12H2,(H,20,22). The SMILES string of the molecule is O=C(CCCNCc1cccc(Cl)c1)NC1CCC(O)CC1. The highest BCUT2D eigenvalue weighted by atomic mass is 35.5. The summed E-state index contributed by atoms with van der Waals surface area (Å²) in [5, 5.41) is 16.6. The van der Waals surface area contributed by atoms with Gasteiger partial charge in [0.2, 0.25) is 5.91 Å². The Morgan fingerprint density at radius 1 is 1.27 bits per heavy atom. The smallest absolute Gasteiger partial charge is 0.220 e. The van der Waals surface area contributed by atoms with Gasteiger partial charge in [0.05, 0.1) is 6.10 Å². The summed E-state index contributed by atoms with van der Waals surface area (Å²) in [5.74, 6) is 0.117. The zero-order valence-electron chi connectivity index (χ0n) is 12.9. The van der Waals surface area contributed by atoms with E-state index in [4.69, 9.17) is 11.6 Å². The van der Waals surface area contributed by atoms with Gasteiger partial charge in [0.1, 0.15) is 0 Å². The molecule has 0 saturated heterocycles. The minimum Gasteiger partial charge on any atom is -0.393 e. The van der Waals surface area contributed by atoms with E-state index in [2.05, 4.69) is 10.6 Å². The van der Waals surface area contributed by atoms with E-state index in [-0.39, 0.29) is 18.1 Å². The maximum Gasteiger partial charge on any atom is 0.220 e. The van der Waals surface area contributed by atoms with Gasteiger partial charge in [-0.25, -0.2) is 0 Å². The number of aliphatic hydroxyl groups is 1. The summed E-state index contributed by atoms with van der Waals surface area (Å²) in [7, 11) is 0. The number of carbonyl (C=O) groups excluding carboxylic acids is 1. The topological polar surface area (TPSA) is 61.4 Å². The predicted octanol–water partition coefficient (Wildman–Crippen LogP) is 2.63.